The molecule has 128 valence electrons. The highest BCUT2D eigenvalue weighted by Gasteiger charge is 2.16. The third-order valence-electron chi connectivity index (χ3n) is 3.58. The summed E-state index contributed by atoms with van der Waals surface area (Å²) in [6.07, 6.45) is 6.71. The van der Waals surface area contributed by atoms with E-state index in [0.717, 1.165) is 36.0 Å². The number of hydrogen-bond donors (Lipinski definition) is 0. The van der Waals surface area contributed by atoms with Gasteiger partial charge in [0, 0.05) is 6.08 Å². The minimum absolute atomic E-state index is 0.221. The number of carbonyl (C=O) groups is 1. The van der Waals surface area contributed by atoms with E-state index in [2.05, 4.69) is 13.5 Å². The molecule has 1 unspecified atom stereocenters. The molecule has 1 aliphatic rings. The number of esters is 1. The summed E-state index contributed by atoms with van der Waals surface area (Å²) in [6.45, 7) is 7.96. The van der Waals surface area contributed by atoms with Crippen LogP contribution < -0.4 is 4.74 Å². The highest BCUT2D eigenvalue weighted by atomic mass is 16.6. The number of ether oxygens (including phenoxy) is 3. The number of hydrogen-bond acceptors (Lipinski definition) is 4. The van der Waals surface area contributed by atoms with E-state index in [1.807, 2.05) is 43.3 Å². The molecule has 0 heterocycles. The molecule has 1 aromatic rings. The zero-order valence-electron chi connectivity index (χ0n) is 14.3. The first kappa shape index (κ1) is 17.9. The van der Waals surface area contributed by atoms with Gasteiger partial charge in [-0.3, -0.25) is 0 Å². The number of benzene rings is 1. The Morgan fingerprint density at radius 1 is 1.29 bits per heavy atom. The Morgan fingerprint density at radius 3 is 2.79 bits per heavy atom. The standard InChI is InChI=1S/C20H24O4/c1-4-20(21)24-19(13-22-17-9-5-7-15(2)11-17)14-23-18-10-6-8-16(3)12-18/h4-5,7,9-12,19H,1,6,8,13-14H2,2-3H3. The van der Waals surface area contributed by atoms with Gasteiger partial charge in [-0.2, -0.15) is 0 Å². The highest BCUT2D eigenvalue weighted by Crippen LogP contribution is 2.18. The summed E-state index contributed by atoms with van der Waals surface area (Å²) in [7, 11) is 0. The van der Waals surface area contributed by atoms with E-state index in [9.17, 15) is 4.79 Å². The van der Waals surface area contributed by atoms with Crippen LogP contribution in [0.3, 0.4) is 0 Å². The maximum absolute atomic E-state index is 11.5. The van der Waals surface area contributed by atoms with Crippen molar-refractivity contribution in [1.29, 1.82) is 0 Å². The maximum Gasteiger partial charge on any atom is 0.330 e. The topological polar surface area (TPSA) is 44.8 Å². The number of carbonyl (C=O) groups excluding carboxylic acids is 1. The summed E-state index contributed by atoms with van der Waals surface area (Å²) in [5.41, 5.74) is 2.39. The predicted molar refractivity (Wildman–Crippen MR) is 93.8 cm³/mol. The van der Waals surface area contributed by atoms with Gasteiger partial charge in [-0.15, -0.1) is 0 Å². The highest BCUT2D eigenvalue weighted by molar-refractivity contribution is 5.81. The van der Waals surface area contributed by atoms with Gasteiger partial charge in [0.05, 0.1) is 0 Å². The molecule has 1 aliphatic carbocycles. The van der Waals surface area contributed by atoms with E-state index in [-0.39, 0.29) is 13.2 Å². The molecule has 0 fully saturated rings. The molecule has 24 heavy (non-hydrogen) atoms. The third kappa shape index (κ3) is 5.95. The third-order valence-corrected chi connectivity index (χ3v) is 3.58. The fraction of sp³-hybridized carbons (Fsp3) is 0.350. The van der Waals surface area contributed by atoms with Gasteiger partial charge in [0.25, 0.3) is 0 Å². The summed E-state index contributed by atoms with van der Waals surface area (Å²) in [5, 5.41) is 0. The Kier molecular flexibility index (Phi) is 6.67. The van der Waals surface area contributed by atoms with Crippen molar-refractivity contribution in [2.75, 3.05) is 13.2 Å². The van der Waals surface area contributed by atoms with Crippen LogP contribution in [-0.2, 0) is 14.3 Å². The molecule has 4 nitrogen and oxygen atoms in total. The monoisotopic (exact) mass is 328 g/mol. The minimum atomic E-state index is -0.507. The first-order valence-corrected chi connectivity index (χ1v) is 8.09. The van der Waals surface area contributed by atoms with E-state index in [1.54, 1.807) is 0 Å². The molecule has 2 rings (SSSR count). The Morgan fingerprint density at radius 2 is 2.08 bits per heavy atom. The van der Waals surface area contributed by atoms with Crippen molar-refractivity contribution in [3.05, 3.63) is 66.0 Å². The summed E-state index contributed by atoms with van der Waals surface area (Å²) in [5.74, 6) is 1.07. The first-order chi connectivity index (χ1) is 11.6. The summed E-state index contributed by atoms with van der Waals surface area (Å²) >= 11 is 0. The van der Waals surface area contributed by atoms with Gasteiger partial charge in [-0.05, 0) is 56.5 Å². The molecule has 0 radical (unpaired) electrons. The fourth-order valence-corrected chi connectivity index (χ4v) is 2.33. The molecule has 0 aliphatic heterocycles. The average molecular weight is 328 g/mol. The van der Waals surface area contributed by atoms with Crippen LogP contribution in [0, 0.1) is 6.92 Å². The van der Waals surface area contributed by atoms with E-state index < -0.39 is 12.1 Å². The molecule has 0 saturated carbocycles. The SMILES string of the molecule is C=CC(=O)OC(COC1=CCCC(C)=C1)COc1cccc(C)c1. The Hall–Kier alpha value is -2.49. The Balaban J connectivity index is 1.92. The van der Waals surface area contributed by atoms with Crippen LogP contribution in [0.25, 0.3) is 0 Å². The lowest BCUT2D eigenvalue weighted by Gasteiger charge is -2.20. The Bertz CT molecular complexity index is 643. The van der Waals surface area contributed by atoms with E-state index >= 15 is 0 Å². The van der Waals surface area contributed by atoms with Gasteiger partial charge >= 0.3 is 5.97 Å². The van der Waals surface area contributed by atoms with Crippen LogP contribution in [0.1, 0.15) is 25.3 Å². The normalized spacial score (nSPS) is 14.9. The summed E-state index contributed by atoms with van der Waals surface area (Å²) in [6, 6.07) is 7.72. The molecule has 1 aromatic carbocycles. The van der Waals surface area contributed by atoms with Crippen LogP contribution in [0.2, 0.25) is 0 Å². The van der Waals surface area contributed by atoms with Gasteiger partial charge in [0.1, 0.15) is 24.7 Å². The minimum Gasteiger partial charge on any atom is -0.490 e. The van der Waals surface area contributed by atoms with Crippen molar-refractivity contribution >= 4 is 5.97 Å². The number of allylic oxidation sites excluding steroid dienone is 3. The second-order valence-corrected chi connectivity index (χ2v) is 5.84. The van der Waals surface area contributed by atoms with Gasteiger partial charge in [0.2, 0.25) is 0 Å². The zero-order chi connectivity index (χ0) is 17.4. The van der Waals surface area contributed by atoms with Gasteiger partial charge in [-0.25, -0.2) is 4.79 Å². The molecule has 0 bridgehead atoms. The van der Waals surface area contributed by atoms with Crippen LogP contribution in [0.5, 0.6) is 5.75 Å². The van der Waals surface area contributed by atoms with Crippen molar-refractivity contribution in [3.8, 4) is 5.75 Å². The lowest BCUT2D eigenvalue weighted by atomic mass is 10.1. The predicted octanol–water partition coefficient (Wildman–Crippen LogP) is 4.11. The second-order valence-electron chi connectivity index (χ2n) is 5.84. The van der Waals surface area contributed by atoms with Crippen LogP contribution in [0.15, 0.2) is 60.4 Å². The second kappa shape index (κ2) is 8.96. The smallest absolute Gasteiger partial charge is 0.330 e. The average Bonchev–Trinajstić information content (AvgIpc) is 2.57. The van der Waals surface area contributed by atoms with Gasteiger partial charge in [0.15, 0.2) is 6.10 Å². The molecule has 0 spiro atoms. The van der Waals surface area contributed by atoms with E-state index in [4.69, 9.17) is 14.2 Å². The first-order valence-electron chi connectivity index (χ1n) is 8.09. The van der Waals surface area contributed by atoms with Crippen molar-refractivity contribution in [2.45, 2.75) is 32.8 Å². The Labute approximate surface area is 143 Å². The zero-order valence-corrected chi connectivity index (χ0v) is 14.3. The quantitative estimate of drug-likeness (QED) is 0.532. The number of aryl methyl sites for hydroxylation is 1. The van der Waals surface area contributed by atoms with Crippen molar-refractivity contribution in [1.82, 2.24) is 0 Å². The van der Waals surface area contributed by atoms with Gasteiger partial charge in [-0.1, -0.05) is 24.3 Å². The van der Waals surface area contributed by atoms with Crippen molar-refractivity contribution in [2.24, 2.45) is 0 Å². The lowest BCUT2D eigenvalue weighted by Crippen LogP contribution is -2.29. The fourth-order valence-electron chi connectivity index (χ4n) is 2.33. The molecular weight excluding hydrogens is 304 g/mol. The molecular formula is C20H24O4. The lowest BCUT2D eigenvalue weighted by molar-refractivity contribution is -0.147. The van der Waals surface area contributed by atoms with E-state index in [1.165, 1.54) is 5.57 Å². The van der Waals surface area contributed by atoms with Crippen LogP contribution >= 0.6 is 0 Å². The van der Waals surface area contributed by atoms with Gasteiger partial charge < -0.3 is 14.2 Å². The van der Waals surface area contributed by atoms with Crippen molar-refractivity contribution < 1.29 is 19.0 Å². The largest absolute Gasteiger partial charge is 0.490 e. The van der Waals surface area contributed by atoms with E-state index in [0.29, 0.717) is 0 Å². The van der Waals surface area contributed by atoms with Crippen LogP contribution in [-0.4, -0.2) is 25.3 Å². The van der Waals surface area contributed by atoms with Crippen LogP contribution in [0.4, 0.5) is 0 Å². The molecule has 0 saturated heterocycles. The summed E-state index contributed by atoms with van der Waals surface area (Å²) < 4.78 is 16.8. The summed E-state index contributed by atoms with van der Waals surface area (Å²) in [4.78, 5) is 11.5. The van der Waals surface area contributed by atoms with Crippen molar-refractivity contribution in [3.63, 3.8) is 0 Å². The molecule has 0 N–H and O–H groups in total. The molecule has 0 aromatic heterocycles. The molecule has 0 amide bonds. The molecule has 1 atom stereocenters. The maximum atomic E-state index is 11.5. The number of rotatable bonds is 8. The molecule has 4 heteroatoms.